The number of aromatic nitrogens is 2. The summed E-state index contributed by atoms with van der Waals surface area (Å²) in [6, 6.07) is 1.94. The van der Waals surface area contributed by atoms with E-state index in [0.29, 0.717) is 5.41 Å². The first-order valence-corrected chi connectivity index (χ1v) is 6.84. The lowest BCUT2D eigenvalue weighted by Gasteiger charge is -2.62. The quantitative estimate of drug-likeness (QED) is 0.665. The van der Waals surface area contributed by atoms with Gasteiger partial charge < -0.3 is 10.2 Å². The molecular weight excluding hydrogens is 238 g/mol. The van der Waals surface area contributed by atoms with Crippen LogP contribution in [0.15, 0.2) is 23.5 Å². The van der Waals surface area contributed by atoms with E-state index in [-0.39, 0.29) is 5.54 Å². The normalized spacial score (nSPS) is 21.1. The average molecular weight is 263 g/mol. The van der Waals surface area contributed by atoms with Crippen LogP contribution in [0, 0.1) is 5.41 Å². The van der Waals surface area contributed by atoms with Crippen LogP contribution in [0.2, 0.25) is 0 Å². The predicted octanol–water partition coefficient (Wildman–Crippen LogP) is 1.58. The Hall–Kier alpha value is -1.52. The minimum Gasteiger partial charge on any atom is -0.354 e. The molecule has 0 unspecified atom stereocenters. The van der Waals surface area contributed by atoms with Crippen molar-refractivity contribution < 1.29 is 0 Å². The van der Waals surface area contributed by atoms with Crippen LogP contribution in [-0.4, -0.2) is 46.3 Å². The zero-order valence-electron chi connectivity index (χ0n) is 12.6. The van der Waals surface area contributed by atoms with Crippen molar-refractivity contribution in [2.75, 3.05) is 20.1 Å². The van der Waals surface area contributed by atoms with Gasteiger partial charge in [-0.3, -0.25) is 9.67 Å². The number of guanidine groups is 1. The van der Waals surface area contributed by atoms with Crippen LogP contribution in [0.3, 0.4) is 0 Å². The maximum Gasteiger partial charge on any atom is 0.194 e. The molecule has 0 bridgehead atoms. The topological polar surface area (TPSA) is 45.5 Å². The molecule has 1 aromatic rings. The van der Waals surface area contributed by atoms with Gasteiger partial charge in [0.25, 0.3) is 0 Å². The molecule has 1 aromatic heterocycles. The highest BCUT2D eigenvalue weighted by molar-refractivity contribution is 5.81. The third-order valence-electron chi connectivity index (χ3n) is 4.54. The molecule has 1 aliphatic rings. The van der Waals surface area contributed by atoms with E-state index >= 15 is 0 Å². The summed E-state index contributed by atoms with van der Waals surface area (Å²) in [7, 11) is 1.84. The van der Waals surface area contributed by atoms with Crippen LogP contribution < -0.4 is 5.32 Å². The van der Waals surface area contributed by atoms with Gasteiger partial charge in [-0.25, -0.2) is 0 Å². The Morgan fingerprint density at radius 3 is 2.58 bits per heavy atom. The number of rotatable bonds is 3. The fraction of sp³-hybridized carbons (Fsp3) is 0.714. The lowest BCUT2D eigenvalue weighted by atomic mass is 9.65. The number of aliphatic imine (C=N–C) groups is 1. The Bertz CT molecular complexity index is 444. The summed E-state index contributed by atoms with van der Waals surface area (Å²) >= 11 is 0. The van der Waals surface area contributed by atoms with E-state index in [0.717, 1.165) is 25.6 Å². The van der Waals surface area contributed by atoms with Crippen LogP contribution >= 0.6 is 0 Å². The van der Waals surface area contributed by atoms with Crippen molar-refractivity contribution in [3.05, 3.63) is 18.5 Å². The van der Waals surface area contributed by atoms with E-state index in [4.69, 9.17) is 0 Å². The molecule has 0 atom stereocenters. The van der Waals surface area contributed by atoms with Crippen molar-refractivity contribution in [3.63, 3.8) is 0 Å². The summed E-state index contributed by atoms with van der Waals surface area (Å²) in [5.74, 6) is 0.983. The second-order valence-electron chi connectivity index (χ2n) is 6.27. The number of nitrogens with zero attached hydrogens (tertiary/aromatic N) is 4. The summed E-state index contributed by atoms with van der Waals surface area (Å²) < 4.78 is 1.92. The molecule has 0 aromatic carbocycles. The smallest absolute Gasteiger partial charge is 0.194 e. The molecule has 0 radical (unpaired) electrons. The monoisotopic (exact) mass is 263 g/mol. The van der Waals surface area contributed by atoms with Crippen molar-refractivity contribution in [3.8, 4) is 0 Å². The van der Waals surface area contributed by atoms with Crippen LogP contribution in [0.1, 0.15) is 27.7 Å². The largest absolute Gasteiger partial charge is 0.354 e. The van der Waals surface area contributed by atoms with Crippen molar-refractivity contribution in [1.82, 2.24) is 20.0 Å². The zero-order valence-corrected chi connectivity index (χ0v) is 12.6. The maximum atomic E-state index is 4.39. The number of hydrogen-bond donors (Lipinski definition) is 1. The second kappa shape index (κ2) is 4.87. The third kappa shape index (κ3) is 2.46. The number of nitrogens with one attached hydrogen (secondary N) is 1. The Morgan fingerprint density at radius 1 is 1.37 bits per heavy atom. The first-order chi connectivity index (χ1) is 8.88. The molecule has 19 heavy (non-hydrogen) atoms. The number of hydrogen-bond acceptors (Lipinski definition) is 2. The lowest BCUT2D eigenvalue weighted by Crippen LogP contribution is -2.72. The van der Waals surface area contributed by atoms with Crippen LogP contribution in [0.4, 0.5) is 0 Å². The molecule has 2 rings (SSSR count). The van der Waals surface area contributed by atoms with E-state index in [2.05, 4.69) is 48.0 Å². The average Bonchev–Trinajstić information content (AvgIpc) is 2.85. The third-order valence-corrected chi connectivity index (χ3v) is 4.54. The summed E-state index contributed by atoms with van der Waals surface area (Å²) in [6.07, 6.45) is 3.77. The summed E-state index contributed by atoms with van der Waals surface area (Å²) in [5, 5.41) is 7.61. The van der Waals surface area contributed by atoms with Crippen molar-refractivity contribution >= 4 is 5.96 Å². The van der Waals surface area contributed by atoms with Gasteiger partial charge >= 0.3 is 0 Å². The van der Waals surface area contributed by atoms with Gasteiger partial charge in [0, 0.05) is 43.5 Å². The predicted molar refractivity (Wildman–Crippen MR) is 78.2 cm³/mol. The first kappa shape index (κ1) is 13.9. The Morgan fingerprint density at radius 2 is 2.11 bits per heavy atom. The summed E-state index contributed by atoms with van der Waals surface area (Å²) in [6.45, 7) is 11.9. The highest BCUT2D eigenvalue weighted by Crippen LogP contribution is 2.46. The molecule has 106 valence electrons. The van der Waals surface area contributed by atoms with Gasteiger partial charge in [0.2, 0.25) is 0 Å². The lowest BCUT2D eigenvalue weighted by molar-refractivity contribution is -0.0667. The van der Waals surface area contributed by atoms with Gasteiger partial charge in [-0.2, -0.15) is 5.10 Å². The standard InChI is InChI=1S/C14H25N5/c1-13(2)11-19(14(13,3)4)12(15-5)16-8-10-18-9-6-7-17-18/h6-7,9H,8,10-11H2,1-5H3,(H,15,16). The van der Waals surface area contributed by atoms with E-state index in [1.807, 2.05) is 24.0 Å². The van der Waals surface area contributed by atoms with Gasteiger partial charge in [-0.1, -0.05) is 13.8 Å². The minimum absolute atomic E-state index is 0.139. The first-order valence-electron chi connectivity index (χ1n) is 6.84. The molecular formula is C14H25N5. The van der Waals surface area contributed by atoms with Crippen LogP contribution in [-0.2, 0) is 6.54 Å². The molecule has 1 saturated heterocycles. The zero-order chi connectivity index (χ0) is 14.1. The van der Waals surface area contributed by atoms with Gasteiger partial charge in [0.05, 0.1) is 6.54 Å². The molecule has 1 aliphatic heterocycles. The molecule has 5 heteroatoms. The van der Waals surface area contributed by atoms with Crippen LogP contribution in [0.25, 0.3) is 0 Å². The Labute approximate surface area is 115 Å². The molecule has 2 heterocycles. The molecule has 1 N–H and O–H groups in total. The molecule has 0 amide bonds. The maximum absolute atomic E-state index is 4.39. The van der Waals surface area contributed by atoms with Gasteiger partial charge in [-0.15, -0.1) is 0 Å². The molecule has 0 spiro atoms. The van der Waals surface area contributed by atoms with E-state index < -0.39 is 0 Å². The van der Waals surface area contributed by atoms with Gasteiger partial charge in [0.1, 0.15) is 0 Å². The SMILES string of the molecule is CN=C(NCCn1cccn1)N1CC(C)(C)C1(C)C. The summed E-state index contributed by atoms with van der Waals surface area (Å²) in [5.41, 5.74) is 0.465. The fourth-order valence-corrected chi connectivity index (χ4v) is 2.41. The van der Waals surface area contributed by atoms with Crippen LogP contribution in [0.5, 0.6) is 0 Å². The van der Waals surface area contributed by atoms with Crippen molar-refractivity contribution in [1.29, 1.82) is 0 Å². The van der Waals surface area contributed by atoms with Crippen molar-refractivity contribution in [2.24, 2.45) is 10.4 Å². The summed E-state index contributed by atoms with van der Waals surface area (Å²) in [4.78, 5) is 6.74. The van der Waals surface area contributed by atoms with Crippen molar-refractivity contribution in [2.45, 2.75) is 39.8 Å². The molecule has 1 fully saturated rings. The molecule has 5 nitrogen and oxygen atoms in total. The molecule has 0 saturated carbocycles. The van der Waals surface area contributed by atoms with Gasteiger partial charge in [0.15, 0.2) is 5.96 Å². The van der Waals surface area contributed by atoms with Gasteiger partial charge in [-0.05, 0) is 19.9 Å². The van der Waals surface area contributed by atoms with E-state index in [1.54, 1.807) is 6.20 Å². The number of likely N-dealkylation sites (tertiary alicyclic amines) is 1. The molecule has 0 aliphatic carbocycles. The second-order valence-corrected chi connectivity index (χ2v) is 6.27. The minimum atomic E-state index is 0.139. The van der Waals surface area contributed by atoms with E-state index in [9.17, 15) is 0 Å². The highest BCUT2D eigenvalue weighted by Gasteiger charge is 2.53. The Kier molecular flexibility index (Phi) is 3.56. The fourth-order valence-electron chi connectivity index (χ4n) is 2.41. The van der Waals surface area contributed by atoms with E-state index in [1.165, 1.54) is 0 Å². The Balaban J connectivity index is 1.89. The highest BCUT2D eigenvalue weighted by atomic mass is 15.4.